The Labute approximate surface area is 114 Å². The van der Waals surface area contributed by atoms with Crippen LogP contribution in [0.15, 0.2) is 17.5 Å². The molecule has 0 aromatic carbocycles. The molecule has 1 aromatic rings. The molecular formula is C12H17F3N2OS. The Morgan fingerprint density at radius 2 is 2.21 bits per heavy atom. The van der Waals surface area contributed by atoms with Gasteiger partial charge in [-0.1, -0.05) is 19.4 Å². The summed E-state index contributed by atoms with van der Waals surface area (Å²) in [5.41, 5.74) is 0. The van der Waals surface area contributed by atoms with E-state index in [0.717, 1.165) is 17.7 Å². The van der Waals surface area contributed by atoms with Gasteiger partial charge in [0.05, 0.1) is 19.1 Å². The van der Waals surface area contributed by atoms with Crippen LogP contribution in [0.3, 0.4) is 0 Å². The van der Waals surface area contributed by atoms with Gasteiger partial charge in [-0.2, -0.15) is 13.2 Å². The molecule has 2 N–H and O–H groups in total. The molecule has 19 heavy (non-hydrogen) atoms. The molecule has 0 aliphatic carbocycles. The van der Waals surface area contributed by atoms with Crippen molar-refractivity contribution in [2.24, 2.45) is 0 Å². The minimum absolute atomic E-state index is 0.120. The number of hydrogen-bond acceptors (Lipinski definition) is 3. The molecule has 7 heteroatoms. The Morgan fingerprint density at radius 1 is 1.47 bits per heavy atom. The fraction of sp³-hybridized carbons (Fsp3) is 0.583. The molecule has 0 aliphatic heterocycles. The van der Waals surface area contributed by atoms with E-state index in [0.29, 0.717) is 0 Å². The molecule has 1 rings (SSSR count). The maximum absolute atomic E-state index is 11.9. The van der Waals surface area contributed by atoms with Gasteiger partial charge in [-0.3, -0.25) is 4.79 Å². The number of amides is 1. The predicted molar refractivity (Wildman–Crippen MR) is 69.0 cm³/mol. The summed E-state index contributed by atoms with van der Waals surface area (Å²) in [6.45, 7) is 0.512. The van der Waals surface area contributed by atoms with Gasteiger partial charge in [-0.15, -0.1) is 11.3 Å². The third-order valence-corrected chi connectivity index (χ3v) is 3.40. The van der Waals surface area contributed by atoms with Crippen molar-refractivity contribution >= 4 is 17.2 Å². The summed E-state index contributed by atoms with van der Waals surface area (Å²) < 4.78 is 35.8. The van der Waals surface area contributed by atoms with E-state index >= 15 is 0 Å². The average Bonchev–Trinajstić information content (AvgIpc) is 2.79. The Morgan fingerprint density at radius 3 is 2.74 bits per heavy atom. The SMILES string of the molecule is CCCC(NC(=O)CNCC(F)(F)F)c1cccs1. The second kappa shape index (κ2) is 7.49. The molecule has 0 fully saturated rings. The fourth-order valence-electron chi connectivity index (χ4n) is 1.63. The van der Waals surface area contributed by atoms with Gasteiger partial charge in [-0.25, -0.2) is 0 Å². The maximum atomic E-state index is 11.9. The van der Waals surface area contributed by atoms with Crippen LogP contribution >= 0.6 is 11.3 Å². The molecule has 1 atom stereocenters. The molecular weight excluding hydrogens is 277 g/mol. The van der Waals surface area contributed by atoms with Crippen LogP contribution in [-0.4, -0.2) is 25.2 Å². The van der Waals surface area contributed by atoms with Crippen molar-refractivity contribution in [3.63, 3.8) is 0 Å². The highest BCUT2D eigenvalue weighted by Gasteiger charge is 2.26. The quantitative estimate of drug-likeness (QED) is 0.812. The second-order valence-electron chi connectivity index (χ2n) is 4.14. The third-order valence-electron chi connectivity index (χ3n) is 2.41. The summed E-state index contributed by atoms with van der Waals surface area (Å²) in [5.74, 6) is -0.420. The Hall–Kier alpha value is -1.08. The van der Waals surface area contributed by atoms with E-state index in [4.69, 9.17) is 0 Å². The van der Waals surface area contributed by atoms with Crippen molar-refractivity contribution in [2.75, 3.05) is 13.1 Å². The summed E-state index contributed by atoms with van der Waals surface area (Å²) in [5, 5.41) is 6.74. The minimum atomic E-state index is -4.29. The van der Waals surface area contributed by atoms with Crippen molar-refractivity contribution in [1.29, 1.82) is 0 Å². The van der Waals surface area contributed by atoms with Gasteiger partial charge in [0.25, 0.3) is 0 Å². The number of thiophene rings is 1. The zero-order valence-electron chi connectivity index (χ0n) is 10.6. The lowest BCUT2D eigenvalue weighted by Crippen LogP contribution is -2.39. The van der Waals surface area contributed by atoms with Gasteiger partial charge in [0.2, 0.25) is 5.91 Å². The number of halogens is 3. The summed E-state index contributed by atoms with van der Waals surface area (Å²) in [4.78, 5) is 12.6. The van der Waals surface area contributed by atoms with E-state index in [1.165, 1.54) is 11.3 Å². The van der Waals surface area contributed by atoms with E-state index in [2.05, 4.69) is 10.6 Å². The van der Waals surface area contributed by atoms with Crippen molar-refractivity contribution in [3.05, 3.63) is 22.4 Å². The van der Waals surface area contributed by atoms with Crippen LogP contribution in [0.2, 0.25) is 0 Å². The van der Waals surface area contributed by atoms with Gasteiger partial charge >= 0.3 is 6.18 Å². The largest absolute Gasteiger partial charge is 0.401 e. The monoisotopic (exact) mass is 294 g/mol. The number of carbonyl (C=O) groups excluding carboxylic acids is 1. The standard InChI is InChI=1S/C12H17F3N2OS/c1-2-4-9(10-5-3-6-19-10)17-11(18)7-16-8-12(13,14)15/h3,5-6,9,16H,2,4,7-8H2,1H3,(H,17,18). The molecule has 0 radical (unpaired) electrons. The summed E-state index contributed by atoms with van der Waals surface area (Å²) >= 11 is 1.53. The molecule has 0 bridgehead atoms. The number of carbonyl (C=O) groups is 1. The highest BCUT2D eigenvalue weighted by molar-refractivity contribution is 7.10. The van der Waals surface area contributed by atoms with Gasteiger partial charge in [-0.05, 0) is 17.9 Å². The number of hydrogen-bond donors (Lipinski definition) is 2. The molecule has 0 spiro atoms. The Kier molecular flexibility index (Phi) is 6.30. The lowest BCUT2D eigenvalue weighted by Gasteiger charge is -2.17. The van der Waals surface area contributed by atoms with Crippen LogP contribution in [0.1, 0.15) is 30.7 Å². The topological polar surface area (TPSA) is 41.1 Å². The van der Waals surface area contributed by atoms with Gasteiger partial charge < -0.3 is 10.6 Å². The van der Waals surface area contributed by atoms with E-state index in [1.807, 2.05) is 24.4 Å². The molecule has 3 nitrogen and oxygen atoms in total. The van der Waals surface area contributed by atoms with Gasteiger partial charge in [0, 0.05) is 4.88 Å². The summed E-state index contributed by atoms with van der Waals surface area (Å²) in [7, 11) is 0. The van der Waals surface area contributed by atoms with Gasteiger partial charge in [0.1, 0.15) is 0 Å². The van der Waals surface area contributed by atoms with Crippen molar-refractivity contribution in [2.45, 2.75) is 32.0 Å². The lowest BCUT2D eigenvalue weighted by atomic mass is 10.1. The van der Waals surface area contributed by atoms with Gasteiger partial charge in [0.15, 0.2) is 0 Å². The highest BCUT2D eigenvalue weighted by atomic mass is 32.1. The van der Waals surface area contributed by atoms with Crippen LogP contribution in [-0.2, 0) is 4.79 Å². The Bertz CT molecular complexity index is 379. The predicted octanol–water partition coefficient (Wildman–Crippen LogP) is 2.86. The van der Waals surface area contributed by atoms with Crippen LogP contribution in [0.25, 0.3) is 0 Å². The van der Waals surface area contributed by atoms with E-state index < -0.39 is 18.6 Å². The Balaban J connectivity index is 2.40. The van der Waals surface area contributed by atoms with Crippen LogP contribution in [0.5, 0.6) is 0 Å². The van der Waals surface area contributed by atoms with Crippen LogP contribution in [0.4, 0.5) is 13.2 Å². The number of rotatable bonds is 7. The van der Waals surface area contributed by atoms with Crippen LogP contribution < -0.4 is 10.6 Å². The van der Waals surface area contributed by atoms with Crippen molar-refractivity contribution in [3.8, 4) is 0 Å². The van der Waals surface area contributed by atoms with E-state index in [1.54, 1.807) is 0 Å². The molecule has 1 aromatic heterocycles. The molecule has 0 aliphatic rings. The molecule has 108 valence electrons. The molecule has 1 heterocycles. The first-order chi connectivity index (χ1) is 8.92. The average molecular weight is 294 g/mol. The smallest absolute Gasteiger partial charge is 0.347 e. The fourth-order valence-corrected chi connectivity index (χ4v) is 2.44. The first-order valence-corrected chi connectivity index (χ1v) is 6.90. The molecule has 0 saturated heterocycles. The first kappa shape index (κ1) is 16.0. The summed E-state index contributed by atoms with van der Waals surface area (Å²) in [6, 6.07) is 3.68. The van der Waals surface area contributed by atoms with E-state index in [9.17, 15) is 18.0 Å². The third kappa shape index (κ3) is 6.58. The second-order valence-corrected chi connectivity index (χ2v) is 5.12. The lowest BCUT2D eigenvalue weighted by molar-refractivity contribution is -0.128. The minimum Gasteiger partial charge on any atom is -0.347 e. The number of alkyl halides is 3. The maximum Gasteiger partial charge on any atom is 0.401 e. The first-order valence-electron chi connectivity index (χ1n) is 6.02. The summed E-state index contributed by atoms with van der Waals surface area (Å²) in [6.07, 6.45) is -2.64. The zero-order chi connectivity index (χ0) is 14.3. The number of nitrogens with one attached hydrogen (secondary N) is 2. The van der Waals surface area contributed by atoms with Crippen molar-refractivity contribution < 1.29 is 18.0 Å². The van der Waals surface area contributed by atoms with Crippen molar-refractivity contribution in [1.82, 2.24) is 10.6 Å². The highest BCUT2D eigenvalue weighted by Crippen LogP contribution is 2.22. The zero-order valence-corrected chi connectivity index (χ0v) is 11.4. The van der Waals surface area contributed by atoms with Crippen LogP contribution in [0, 0.1) is 0 Å². The molecule has 1 unspecified atom stereocenters. The van der Waals surface area contributed by atoms with E-state index in [-0.39, 0.29) is 12.6 Å². The normalized spacial score (nSPS) is 13.3. The molecule has 1 amide bonds. The molecule has 0 saturated carbocycles.